The molecule has 15 heavy (non-hydrogen) atoms. The Balaban J connectivity index is 3.35. The fourth-order valence-corrected chi connectivity index (χ4v) is 0.636. The van der Waals surface area contributed by atoms with Gasteiger partial charge in [0.1, 0.15) is 0 Å². The first-order chi connectivity index (χ1) is 7.77. The second kappa shape index (κ2) is 4.12. The lowest BCUT2D eigenvalue weighted by Gasteiger charge is -2.04. The van der Waals surface area contributed by atoms with Crippen molar-refractivity contribution in [3.05, 3.63) is 41.9 Å². The van der Waals surface area contributed by atoms with E-state index in [1.165, 1.54) is 0 Å². The average Bonchev–Trinajstić information content (AvgIpc) is 2.29. The molecular weight excluding hydrogens is 216 g/mol. The van der Waals surface area contributed by atoms with Crippen LogP contribution in [0.15, 0.2) is 24.5 Å². The normalized spacial score (nSPS) is 11.7. The number of benzene rings is 1. The molecule has 0 aliphatic rings. The van der Waals surface area contributed by atoms with Gasteiger partial charge in [0, 0.05) is 0 Å². The van der Waals surface area contributed by atoms with Crippen molar-refractivity contribution < 1.29 is 29.8 Å². The van der Waals surface area contributed by atoms with Crippen LogP contribution in [0.25, 0.3) is 0 Å². The molecule has 6 heteroatoms. The van der Waals surface area contributed by atoms with Gasteiger partial charge in [-0.2, -0.15) is 8.78 Å². The Morgan fingerprint density at radius 3 is 2.47 bits per heavy atom. The quantitative estimate of drug-likeness (QED) is 0.252. The van der Waals surface area contributed by atoms with E-state index in [0.29, 0.717) is 0 Å². The second-order valence-corrected chi connectivity index (χ2v) is 2.32. The molecular formula is C9H4F4O2. The molecule has 0 aromatic heterocycles. The first-order valence-corrected chi connectivity index (χ1v) is 3.47. The third-order valence-corrected chi connectivity index (χ3v) is 1.29. The molecule has 0 heterocycles. The molecule has 80 valence electrons. The first kappa shape index (κ1) is 8.46. The van der Waals surface area contributed by atoms with E-state index in [1.54, 1.807) is 0 Å². The maximum absolute atomic E-state index is 13.1. The minimum Gasteiger partial charge on any atom is -0.418 e. The molecule has 0 spiro atoms. The lowest BCUT2D eigenvalue weighted by atomic mass is 10.3. The number of rotatable bonds is 2. The summed E-state index contributed by atoms with van der Waals surface area (Å²) in [6.45, 7) is 2.53. The van der Waals surface area contributed by atoms with E-state index in [0.717, 1.165) is 0 Å². The van der Waals surface area contributed by atoms with Crippen LogP contribution in [0.3, 0.4) is 0 Å². The summed E-state index contributed by atoms with van der Waals surface area (Å²) in [6, 6.07) is -2.52. The van der Waals surface area contributed by atoms with E-state index in [4.69, 9.17) is 2.74 Å². The number of halogens is 4. The van der Waals surface area contributed by atoms with Crippen LogP contribution in [0, 0.1) is 17.5 Å². The van der Waals surface area contributed by atoms with Crippen molar-refractivity contribution >= 4 is 5.97 Å². The van der Waals surface area contributed by atoms with Crippen LogP contribution in [0.2, 0.25) is 0 Å². The molecule has 0 radical (unpaired) electrons. The van der Waals surface area contributed by atoms with Gasteiger partial charge in [-0.25, -0.2) is 13.6 Å². The highest BCUT2D eigenvalue weighted by Crippen LogP contribution is 2.22. The van der Waals surface area contributed by atoms with Gasteiger partial charge in [-0.15, -0.1) is 0 Å². The van der Waals surface area contributed by atoms with Crippen LogP contribution >= 0.6 is 0 Å². The van der Waals surface area contributed by atoms with Gasteiger partial charge in [0.05, 0.1) is 2.74 Å². The summed E-state index contributed by atoms with van der Waals surface area (Å²) in [7, 11) is 0. The van der Waals surface area contributed by atoms with E-state index >= 15 is 0 Å². The van der Waals surface area contributed by atoms with Crippen LogP contribution in [0.5, 0.6) is 5.75 Å². The van der Waals surface area contributed by atoms with E-state index in [9.17, 15) is 22.4 Å². The lowest BCUT2D eigenvalue weighted by molar-refractivity contribution is -0.131. The van der Waals surface area contributed by atoms with Crippen molar-refractivity contribution in [3.63, 3.8) is 0 Å². The predicted molar refractivity (Wildman–Crippen MR) is 42.2 cm³/mol. The summed E-state index contributed by atoms with van der Waals surface area (Å²) >= 11 is 0. The minimum atomic E-state index is -2.08. The number of carbonyl (C=O) groups excluding carboxylic acids is 1. The van der Waals surface area contributed by atoms with E-state index in [1.807, 2.05) is 0 Å². The molecule has 0 amide bonds. The van der Waals surface area contributed by atoms with Crippen molar-refractivity contribution in [3.8, 4) is 5.75 Å². The van der Waals surface area contributed by atoms with Gasteiger partial charge in [0.2, 0.25) is 11.6 Å². The molecule has 2 nitrogen and oxygen atoms in total. The first-order valence-electron chi connectivity index (χ1n) is 4.47. The molecule has 0 saturated heterocycles. The molecule has 0 bridgehead atoms. The SMILES string of the molecule is [2H]c1c([2H])c(OC(=O)C(=C)F)c(F)c(F)c1F. The van der Waals surface area contributed by atoms with Crippen LogP contribution in [-0.4, -0.2) is 5.97 Å². The van der Waals surface area contributed by atoms with Crippen molar-refractivity contribution in [1.29, 1.82) is 0 Å². The molecule has 1 aromatic rings. The second-order valence-electron chi connectivity index (χ2n) is 2.32. The number of hydrogen-bond donors (Lipinski definition) is 0. The fraction of sp³-hybridized carbons (Fsp3) is 0. The minimum absolute atomic E-state index is 1.21. The smallest absolute Gasteiger partial charge is 0.372 e. The number of esters is 1. The largest absolute Gasteiger partial charge is 0.418 e. The Morgan fingerprint density at radius 1 is 1.33 bits per heavy atom. The summed E-state index contributed by atoms with van der Waals surface area (Å²) in [5.74, 6) is -10.7. The monoisotopic (exact) mass is 222 g/mol. The summed E-state index contributed by atoms with van der Waals surface area (Å²) < 4.78 is 68.8. The van der Waals surface area contributed by atoms with Gasteiger partial charge in [-0.3, -0.25) is 0 Å². The average molecular weight is 222 g/mol. The maximum atomic E-state index is 13.1. The van der Waals surface area contributed by atoms with E-state index in [2.05, 4.69) is 11.3 Å². The molecule has 0 N–H and O–H groups in total. The molecule has 0 aliphatic heterocycles. The lowest BCUT2D eigenvalue weighted by Crippen LogP contribution is -2.09. The standard InChI is InChI=1S/C9H4F4O2/c1-4(10)9(14)15-6-3-2-5(11)7(12)8(6)13/h2-3H,1H2/i2D,3D. The highest BCUT2D eigenvalue weighted by Gasteiger charge is 2.18. The van der Waals surface area contributed by atoms with Gasteiger partial charge in [-0.1, -0.05) is 6.58 Å². The van der Waals surface area contributed by atoms with Crippen molar-refractivity contribution in [2.45, 2.75) is 0 Å². The zero-order chi connectivity index (χ0) is 13.3. The zero-order valence-corrected chi connectivity index (χ0v) is 7.04. The van der Waals surface area contributed by atoms with E-state index in [-0.39, 0.29) is 0 Å². The van der Waals surface area contributed by atoms with Crippen LogP contribution in [0.4, 0.5) is 17.6 Å². The van der Waals surface area contributed by atoms with E-state index < -0.39 is 47.1 Å². The van der Waals surface area contributed by atoms with Crippen molar-refractivity contribution in [2.24, 2.45) is 0 Å². The summed E-state index contributed by atoms with van der Waals surface area (Å²) in [4.78, 5) is 10.7. The van der Waals surface area contributed by atoms with Crippen LogP contribution < -0.4 is 4.74 Å². The predicted octanol–water partition coefficient (Wildman–Crippen LogP) is 2.49. The number of ether oxygens (including phenoxy) is 1. The van der Waals surface area contributed by atoms with Gasteiger partial charge in [0.25, 0.3) is 0 Å². The van der Waals surface area contributed by atoms with Crippen molar-refractivity contribution in [1.82, 2.24) is 0 Å². The summed E-state index contributed by atoms with van der Waals surface area (Å²) in [5, 5.41) is 0. The van der Waals surface area contributed by atoms with Gasteiger partial charge < -0.3 is 4.74 Å². The topological polar surface area (TPSA) is 26.3 Å². The molecule has 0 saturated carbocycles. The Morgan fingerprint density at radius 2 is 1.93 bits per heavy atom. The fourth-order valence-electron chi connectivity index (χ4n) is 0.636. The van der Waals surface area contributed by atoms with Gasteiger partial charge in [0.15, 0.2) is 17.4 Å². The third kappa shape index (κ3) is 2.34. The molecule has 1 rings (SSSR count). The highest BCUT2D eigenvalue weighted by molar-refractivity contribution is 5.87. The van der Waals surface area contributed by atoms with Crippen LogP contribution in [0.1, 0.15) is 2.74 Å². The van der Waals surface area contributed by atoms with Gasteiger partial charge >= 0.3 is 5.97 Å². The Bertz CT molecular complexity index is 487. The Kier molecular flexibility index (Phi) is 2.32. The maximum Gasteiger partial charge on any atom is 0.372 e. The Hall–Kier alpha value is -1.85. The van der Waals surface area contributed by atoms with Crippen LogP contribution in [-0.2, 0) is 4.79 Å². The number of hydrogen-bond acceptors (Lipinski definition) is 2. The third-order valence-electron chi connectivity index (χ3n) is 1.29. The zero-order valence-electron chi connectivity index (χ0n) is 9.04. The van der Waals surface area contributed by atoms with Crippen molar-refractivity contribution in [2.75, 3.05) is 0 Å². The molecule has 0 fully saturated rings. The molecule has 1 aromatic carbocycles. The highest BCUT2D eigenvalue weighted by atomic mass is 19.2. The summed E-state index contributed by atoms with van der Waals surface area (Å²) in [5.41, 5.74) is 0. The number of carbonyl (C=O) groups is 1. The molecule has 0 atom stereocenters. The summed E-state index contributed by atoms with van der Waals surface area (Å²) in [6.07, 6.45) is 0. The van der Waals surface area contributed by atoms with Gasteiger partial charge in [-0.05, 0) is 12.1 Å². The molecule has 0 unspecified atom stereocenters. The Labute approximate surface area is 84.6 Å². The molecule has 0 aliphatic carbocycles.